The number of hydrogen-bond acceptors (Lipinski definition) is 6. The molecule has 132 valence electrons. The van der Waals surface area contributed by atoms with Crippen LogP contribution in [0.5, 0.6) is 0 Å². The lowest BCUT2D eigenvalue weighted by atomic mass is 10.0. The van der Waals surface area contributed by atoms with Gasteiger partial charge in [0.05, 0.1) is 24.9 Å². The first-order chi connectivity index (χ1) is 12.7. The van der Waals surface area contributed by atoms with Gasteiger partial charge in [-0.2, -0.15) is 5.10 Å². The number of nitrogens with zero attached hydrogens (tertiary/aromatic N) is 2. The largest absolute Gasteiger partial charge is 0.466 e. The van der Waals surface area contributed by atoms with Crippen LogP contribution >= 0.6 is 11.3 Å². The fraction of sp³-hybridized carbons (Fsp3) is 0.150. The van der Waals surface area contributed by atoms with Crippen LogP contribution in [-0.2, 0) is 16.0 Å². The molecule has 0 aliphatic rings. The van der Waals surface area contributed by atoms with E-state index in [-0.39, 0.29) is 12.4 Å². The summed E-state index contributed by atoms with van der Waals surface area (Å²) in [6, 6.07) is 18.4. The van der Waals surface area contributed by atoms with Crippen molar-refractivity contribution in [3.63, 3.8) is 0 Å². The van der Waals surface area contributed by atoms with E-state index < -0.39 is 0 Å². The minimum absolute atomic E-state index is 0.177. The van der Waals surface area contributed by atoms with Crippen molar-refractivity contribution >= 4 is 28.7 Å². The summed E-state index contributed by atoms with van der Waals surface area (Å²) in [4.78, 5) is 15.8. The molecule has 0 unspecified atom stereocenters. The monoisotopic (exact) mass is 365 g/mol. The summed E-state index contributed by atoms with van der Waals surface area (Å²) in [5.41, 5.74) is 6.91. The van der Waals surface area contributed by atoms with E-state index >= 15 is 0 Å². The van der Waals surface area contributed by atoms with Gasteiger partial charge in [-0.25, -0.2) is 4.98 Å². The number of benzene rings is 2. The van der Waals surface area contributed by atoms with Gasteiger partial charge in [-0.3, -0.25) is 10.2 Å². The predicted octanol–water partition coefficient (Wildman–Crippen LogP) is 4.36. The fourth-order valence-corrected chi connectivity index (χ4v) is 3.01. The van der Waals surface area contributed by atoms with Crippen molar-refractivity contribution in [2.24, 2.45) is 5.10 Å². The molecular formula is C20H19N3O2S. The molecule has 3 rings (SSSR count). The molecule has 2 aromatic carbocycles. The van der Waals surface area contributed by atoms with E-state index in [0.29, 0.717) is 17.4 Å². The van der Waals surface area contributed by atoms with E-state index in [2.05, 4.69) is 39.8 Å². The van der Waals surface area contributed by atoms with Crippen molar-refractivity contribution in [1.82, 2.24) is 4.98 Å². The molecule has 0 fully saturated rings. The molecular weight excluding hydrogens is 346 g/mol. The second-order valence-corrected chi connectivity index (χ2v) is 6.34. The summed E-state index contributed by atoms with van der Waals surface area (Å²) in [5.74, 6) is -0.272. The predicted molar refractivity (Wildman–Crippen MR) is 106 cm³/mol. The van der Waals surface area contributed by atoms with Crippen LogP contribution in [0.1, 0.15) is 18.2 Å². The molecule has 0 amide bonds. The number of carbonyl (C=O) groups is 1. The van der Waals surface area contributed by atoms with E-state index in [1.165, 1.54) is 22.5 Å². The van der Waals surface area contributed by atoms with Crippen LogP contribution in [0, 0.1) is 0 Å². The van der Waals surface area contributed by atoms with E-state index in [0.717, 1.165) is 5.56 Å². The van der Waals surface area contributed by atoms with Crippen molar-refractivity contribution in [2.75, 3.05) is 12.0 Å². The van der Waals surface area contributed by atoms with Gasteiger partial charge in [0, 0.05) is 5.38 Å². The summed E-state index contributed by atoms with van der Waals surface area (Å²) in [7, 11) is 0. The van der Waals surface area contributed by atoms with Crippen LogP contribution in [0.2, 0.25) is 0 Å². The minimum Gasteiger partial charge on any atom is -0.466 e. The van der Waals surface area contributed by atoms with Crippen molar-refractivity contribution < 1.29 is 9.53 Å². The quantitative estimate of drug-likeness (QED) is 0.384. The van der Waals surface area contributed by atoms with Gasteiger partial charge in [0.1, 0.15) is 0 Å². The zero-order valence-corrected chi connectivity index (χ0v) is 15.2. The van der Waals surface area contributed by atoms with Crippen LogP contribution in [-0.4, -0.2) is 23.8 Å². The van der Waals surface area contributed by atoms with Crippen molar-refractivity contribution in [3.05, 3.63) is 71.2 Å². The smallest absolute Gasteiger partial charge is 0.311 e. The van der Waals surface area contributed by atoms with Gasteiger partial charge >= 0.3 is 5.97 Å². The fourth-order valence-electron chi connectivity index (χ4n) is 2.35. The molecule has 0 spiro atoms. The Kier molecular flexibility index (Phi) is 6.11. The number of hydrazone groups is 1. The van der Waals surface area contributed by atoms with Gasteiger partial charge in [-0.1, -0.05) is 54.6 Å². The molecule has 0 radical (unpaired) electrons. The molecule has 0 atom stereocenters. The highest BCUT2D eigenvalue weighted by Crippen LogP contribution is 2.19. The Morgan fingerprint density at radius 1 is 1.15 bits per heavy atom. The molecule has 5 nitrogen and oxygen atoms in total. The molecule has 0 bridgehead atoms. The molecule has 1 N–H and O–H groups in total. The maximum absolute atomic E-state index is 11.4. The normalized spacial score (nSPS) is 10.8. The van der Waals surface area contributed by atoms with Crippen LogP contribution in [0.15, 0.2) is 65.1 Å². The zero-order chi connectivity index (χ0) is 18.2. The summed E-state index contributed by atoms with van der Waals surface area (Å²) in [5, 5.41) is 6.66. The number of hydrogen-bond donors (Lipinski definition) is 1. The summed E-state index contributed by atoms with van der Waals surface area (Å²) < 4.78 is 4.91. The van der Waals surface area contributed by atoms with E-state index in [9.17, 15) is 4.79 Å². The first-order valence-corrected chi connectivity index (χ1v) is 9.17. The number of carbonyl (C=O) groups excluding carboxylic acids is 1. The number of nitrogens with one attached hydrogen (secondary N) is 1. The molecule has 1 heterocycles. The Labute approximate surface area is 156 Å². The van der Waals surface area contributed by atoms with Gasteiger partial charge in [0.15, 0.2) is 0 Å². The highest BCUT2D eigenvalue weighted by atomic mass is 32.1. The molecule has 0 aliphatic heterocycles. The summed E-state index contributed by atoms with van der Waals surface area (Å²) in [6.07, 6.45) is 1.91. The third kappa shape index (κ3) is 5.00. The third-order valence-electron chi connectivity index (χ3n) is 3.57. The lowest BCUT2D eigenvalue weighted by Gasteiger charge is -2.01. The summed E-state index contributed by atoms with van der Waals surface area (Å²) in [6.45, 7) is 2.16. The average Bonchev–Trinajstić information content (AvgIpc) is 3.10. The standard InChI is InChI=1S/C20H19N3O2S/c1-2-25-19(24)12-18-14-26-20(22-18)23-21-13-15-8-10-17(11-9-15)16-6-4-3-5-7-16/h3-11,13-14H,2,12H2,1H3,(H,22,23). The topological polar surface area (TPSA) is 63.6 Å². The number of anilines is 1. The number of esters is 1. The maximum Gasteiger partial charge on any atom is 0.311 e. The Morgan fingerprint density at radius 3 is 2.62 bits per heavy atom. The molecule has 0 saturated carbocycles. The minimum atomic E-state index is -0.272. The number of aromatic nitrogens is 1. The average molecular weight is 365 g/mol. The molecule has 6 heteroatoms. The Hall–Kier alpha value is -2.99. The molecule has 1 aromatic heterocycles. The molecule has 26 heavy (non-hydrogen) atoms. The lowest BCUT2D eigenvalue weighted by Crippen LogP contribution is -2.07. The van der Waals surface area contributed by atoms with Gasteiger partial charge in [0.2, 0.25) is 5.13 Å². The van der Waals surface area contributed by atoms with Crippen LogP contribution < -0.4 is 5.43 Å². The van der Waals surface area contributed by atoms with Gasteiger partial charge < -0.3 is 4.74 Å². The molecule has 0 aliphatic carbocycles. The molecule has 3 aromatic rings. The maximum atomic E-state index is 11.4. The first-order valence-electron chi connectivity index (χ1n) is 8.29. The molecule has 0 saturated heterocycles. The second-order valence-electron chi connectivity index (χ2n) is 5.48. The Morgan fingerprint density at radius 2 is 1.88 bits per heavy atom. The van der Waals surface area contributed by atoms with Crippen LogP contribution in [0.4, 0.5) is 5.13 Å². The number of thiazole rings is 1. The third-order valence-corrected chi connectivity index (χ3v) is 4.37. The number of rotatable bonds is 7. The van der Waals surface area contributed by atoms with E-state index in [1.807, 2.05) is 35.7 Å². The number of ether oxygens (including phenoxy) is 1. The first kappa shape index (κ1) is 17.8. The highest BCUT2D eigenvalue weighted by Gasteiger charge is 2.07. The second kappa shape index (κ2) is 8.92. The van der Waals surface area contributed by atoms with Crippen LogP contribution in [0.25, 0.3) is 11.1 Å². The van der Waals surface area contributed by atoms with Gasteiger partial charge in [0.25, 0.3) is 0 Å². The Bertz CT molecular complexity index is 874. The van der Waals surface area contributed by atoms with E-state index in [4.69, 9.17) is 4.74 Å². The SMILES string of the molecule is CCOC(=O)Cc1csc(NN=Cc2ccc(-c3ccccc3)cc2)n1. The highest BCUT2D eigenvalue weighted by molar-refractivity contribution is 7.13. The van der Waals surface area contributed by atoms with Crippen molar-refractivity contribution in [3.8, 4) is 11.1 Å². The van der Waals surface area contributed by atoms with Crippen LogP contribution in [0.3, 0.4) is 0 Å². The van der Waals surface area contributed by atoms with Crippen molar-refractivity contribution in [2.45, 2.75) is 13.3 Å². The van der Waals surface area contributed by atoms with Gasteiger partial charge in [-0.05, 0) is 23.6 Å². The van der Waals surface area contributed by atoms with Gasteiger partial charge in [-0.15, -0.1) is 11.3 Å². The van der Waals surface area contributed by atoms with Crippen molar-refractivity contribution in [1.29, 1.82) is 0 Å². The summed E-state index contributed by atoms with van der Waals surface area (Å²) >= 11 is 1.40. The zero-order valence-electron chi connectivity index (χ0n) is 14.4. The van der Waals surface area contributed by atoms with E-state index in [1.54, 1.807) is 13.1 Å². The Balaban J connectivity index is 1.56. The lowest BCUT2D eigenvalue weighted by molar-refractivity contribution is -0.142.